The Balaban J connectivity index is 1.60. The Kier molecular flexibility index (Phi) is 4.40. The van der Waals surface area contributed by atoms with Gasteiger partial charge in [-0.3, -0.25) is 10.00 Å². The van der Waals surface area contributed by atoms with Crippen molar-refractivity contribution in [3.05, 3.63) is 65.2 Å². The number of rotatable bonds is 4. The van der Waals surface area contributed by atoms with Crippen molar-refractivity contribution in [2.75, 3.05) is 13.1 Å². The maximum absolute atomic E-state index is 4.46. The Labute approximate surface area is 148 Å². The molecular formula is C20H25N5. The number of aryl methyl sites for hydroxylation is 2. The molecule has 0 unspecified atom stereocenters. The topological polar surface area (TPSA) is 49.7 Å². The molecule has 1 saturated heterocycles. The summed E-state index contributed by atoms with van der Waals surface area (Å²) in [6, 6.07) is 8.61. The van der Waals surface area contributed by atoms with Gasteiger partial charge in [-0.05, 0) is 68.1 Å². The fraction of sp³-hybridized carbons (Fsp3) is 0.400. The van der Waals surface area contributed by atoms with Crippen LogP contribution in [0.3, 0.4) is 0 Å². The molecule has 5 nitrogen and oxygen atoms in total. The Morgan fingerprint density at radius 3 is 2.92 bits per heavy atom. The van der Waals surface area contributed by atoms with Gasteiger partial charge < -0.3 is 0 Å². The standard InChI is InChI=1S/C20H25N5/c1-15-11-16(2)18(20(12-15)25-10-4-7-22-25)14-24-9-3-5-17(13-24)19-6-8-21-23-19/h4,6-8,10-12,17H,3,5,9,13-14H2,1-2H3,(H,21,23)/t17-/m0/s1. The number of hydrogen-bond donors (Lipinski definition) is 1. The molecule has 0 amide bonds. The van der Waals surface area contributed by atoms with Crippen LogP contribution in [0.25, 0.3) is 5.69 Å². The van der Waals surface area contributed by atoms with E-state index in [1.165, 1.54) is 40.9 Å². The third-order valence-corrected chi connectivity index (χ3v) is 5.19. The van der Waals surface area contributed by atoms with Crippen LogP contribution in [0.1, 0.15) is 41.1 Å². The molecule has 1 aromatic carbocycles. The number of nitrogens with one attached hydrogen (secondary N) is 1. The minimum atomic E-state index is 0.551. The van der Waals surface area contributed by atoms with Crippen LogP contribution >= 0.6 is 0 Å². The normalized spacial score (nSPS) is 18.6. The summed E-state index contributed by atoms with van der Waals surface area (Å²) in [5, 5.41) is 11.7. The first-order valence-electron chi connectivity index (χ1n) is 9.02. The first kappa shape index (κ1) is 16.1. The number of H-pyrrole nitrogens is 1. The number of aromatic amines is 1. The van der Waals surface area contributed by atoms with Crippen molar-refractivity contribution in [3.63, 3.8) is 0 Å². The van der Waals surface area contributed by atoms with Crippen LogP contribution in [0.4, 0.5) is 0 Å². The largest absolute Gasteiger partial charge is 0.298 e. The molecule has 1 fully saturated rings. The third kappa shape index (κ3) is 3.37. The molecule has 0 bridgehead atoms. The highest BCUT2D eigenvalue weighted by Gasteiger charge is 2.23. The van der Waals surface area contributed by atoms with Crippen molar-refractivity contribution in [3.8, 4) is 5.69 Å². The molecule has 3 aromatic rings. The number of benzene rings is 1. The van der Waals surface area contributed by atoms with E-state index in [-0.39, 0.29) is 0 Å². The van der Waals surface area contributed by atoms with Gasteiger partial charge in [-0.1, -0.05) is 6.07 Å². The van der Waals surface area contributed by atoms with E-state index >= 15 is 0 Å². The zero-order chi connectivity index (χ0) is 17.2. The Morgan fingerprint density at radius 1 is 1.24 bits per heavy atom. The van der Waals surface area contributed by atoms with E-state index in [2.05, 4.69) is 52.2 Å². The second-order valence-corrected chi connectivity index (χ2v) is 7.12. The molecule has 0 radical (unpaired) electrons. The molecule has 0 saturated carbocycles. The molecular weight excluding hydrogens is 310 g/mol. The molecule has 3 heterocycles. The lowest BCUT2D eigenvalue weighted by Gasteiger charge is -2.33. The van der Waals surface area contributed by atoms with Gasteiger partial charge in [0.05, 0.1) is 5.69 Å². The number of hydrogen-bond acceptors (Lipinski definition) is 3. The van der Waals surface area contributed by atoms with E-state index in [9.17, 15) is 0 Å². The highest BCUT2D eigenvalue weighted by atomic mass is 15.3. The van der Waals surface area contributed by atoms with Crippen molar-refractivity contribution in [2.24, 2.45) is 0 Å². The monoisotopic (exact) mass is 335 g/mol. The van der Waals surface area contributed by atoms with Crippen LogP contribution in [0.15, 0.2) is 42.9 Å². The van der Waals surface area contributed by atoms with Crippen molar-refractivity contribution in [2.45, 2.75) is 39.2 Å². The van der Waals surface area contributed by atoms with Crippen LogP contribution in [-0.2, 0) is 6.54 Å². The molecule has 1 aliphatic rings. The van der Waals surface area contributed by atoms with Gasteiger partial charge in [-0.2, -0.15) is 10.2 Å². The van der Waals surface area contributed by atoms with Crippen LogP contribution in [0.5, 0.6) is 0 Å². The van der Waals surface area contributed by atoms with Gasteiger partial charge in [0.15, 0.2) is 0 Å². The Bertz CT molecular complexity index is 820. The van der Waals surface area contributed by atoms with Crippen molar-refractivity contribution in [1.82, 2.24) is 24.9 Å². The summed E-state index contributed by atoms with van der Waals surface area (Å²) in [6.07, 6.45) is 8.19. The van der Waals surface area contributed by atoms with E-state index in [0.717, 1.165) is 19.6 Å². The van der Waals surface area contributed by atoms with Gasteiger partial charge in [-0.25, -0.2) is 4.68 Å². The van der Waals surface area contributed by atoms with E-state index in [4.69, 9.17) is 0 Å². The smallest absolute Gasteiger partial charge is 0.0695 e. The lowest BCUT2D eigenvalue weighted by atomic mass is 9.94. The second kappa shape index (κ2) is 6.84. The lowest BCUT2D eigenvalue weighted by Crippen LogP contribution is -2.34. The summed E-state index contributed by atoms with van der Waals surface area (Å²) in [5.41, 5.74) is 6.46. The van der Waals surface area contributed by atoms with Gasteiger partial charge >= 0.3 is 0 Å². The van der Waals surface area contributed by atoms with Crippen LogP contribution < -0.4 is 0 Å². The molecule has 5 heteroatoms. The average Bonchev–Trinajstić information content (AvgIpc) is 3.31. The van der Waals surface area contributed by atoms with Crippen molar-refractivity contribution >= 4 is 0 Å². The van der Waals surface area contributed by atoms with Gasteiger partial charge in [0.25, 0.3) is 0 Å². The molecule has 1 aliphatic heterocycles. The molecule has 130 valence electrons. The van der Waals surface area contributed by atoms with Crippen LogP contribution in [0, 0.1) is 13.8 Å². The van der Waals surface area contributed by atoms with E-state index < -0.39 is 0 Å². The third-order valence-electron chi connectivity index (χ3n) is 5.19. The summed E-state index contributed by atoms with van der Waals surface area (Å²) in [5.74, 6) is 0.551. The summed E-state index contributed by atoms with van der Waals surface area (Å²) in [7, 11) is 0. The highest BCUT2D eigenvalue weighted by Crippen LogP contribution is 2.28. The molecule has 4 rings (SSSR count). The zero-order valence-corrected chi connectivity index (χ0v) is 14.9. The number of piperidine rings is 1. The number of likely N-dealkylation sites (tertiary alicyclic amines) is 1. The SMILES string of the molecule is Cc1cc(C)c(CN2CCC[C@H](c3ccn[nH]3)C2)c(-n2cccn2)c1. The molecule has 2 aromatic heterocycles. The predicted molar refractivity (Wildman–Crippen MR) is 98.9 cm³/mol. The summed E-state index contributed by atoms with van der Waals surface area (Å²) in [6.45, 7) is 7.56. The fourth-order valence-electron chi connectivity index (χ4n) is 3.97. The van der Waals surface area contributed by atoms with E-state index in [0.29, 0.717) is 5.92 Å². The Morgan fingerprint density at radius 2 is 2.16 bits per heavy atom. The second-order valence-electron chi connectivity index (χ2n) is 7.12. The summed E-state index contributed by atoms with van der Waals surface area (Å²) >= 11 is 0. The maximum atomic E-state index is 4.46. The van der Waals surface area contributed by atoms with E-state index in [1.54, 1.807) is 0 Å². The molecule has 25 heavy (non-hydrogen) atoms. The summed E-state index contributed by atoms with van der Waals surface area (Å²) < 4.78 is 1.99. The van der Waals surface area contributed by atoms with E-state index in [1.807, 2.05) is 29.3 Å². The first-order valence-corrected chi connectivity index (χ1v) is 9.02. The lowest BCUT2D eigenvalue weighted by molar-refractivity contribution is 0.198. The molecule has 0 aliphatic carbocycles. The van der Waals surface area contributed by atoms with Crippen LogP contribution in [-0.4, -0.2) is 38.0 Å². The van der Waals surface area contributed by atoms with Crippen molar-refractivity contribution in [1.29, 1.82) is 0 Å². The zero-order valence-electron chi connectivity index (χ0n) is 14.9. The first-order chi connectivity index (χ1) is 12.2. The maximum Gasteiger partial charge on any atom is 0.0695 e. The predicted octanol–water partition coefficient (Wildman–Crippen LogP) is 3.59. The fourth-order valence-corrected chi connectivity index (χ4v) is 3.97. The van der Waals surface area contributed by atoms with Crippen LogP contribution in [0.2, 0.25) is 0 Å². The highest BCUT2D eigenvalue weighted by molar-refractivity contribution is 5.48. The van der Waals surface area contributed by atoms with Gasteiger partial charge in [0.2, 0.25) is 0 Å². The van der Waals surface area contributed by atoms with Crippen molar-refractivity contribution < 1.29 is 0 Å². The molecule has 1 atom stereocenters. The number of nitrogens with zero attached hydrogens (tertiary/aromatic N) is 4. The minimum absolute atomic E-state index is 0.551. The summed E-state index contributed by atoms with van der Waals surface area (Å²) in [4.78, 5) is 2.57. The average molecular weight is 335 g/mol. The molecule has 0 spiro atoms. The Hall–Kier alpha value is -2.40. The number of aromatic nitrogens is 4. The quantitative estimate of drug-likeness (QED) is 0.793. The minimum Gasteiger partial charge on any atom is -0.298 e. The molecule has 1 N–H and O–H groups in total. The van der Waals surface area contributed by atoms with Gasteiger partial charge in [0, 0.05) is 43.3 Å². The van der Waals surface area contributed by atoms with Gasteiger partial charge in [-0.15, -0.1) is 0 Å². The van der Waals surface area contributed by atoms with Gasteiger partial charge in [0.1, 0.15) is 0 Å².